The molecule has 0 spiro atoms. The third-order valence-corrected chi connectivity index (χ3v) is 5.33. The first-order valence-corrected chi connectivity index (χ1v) is 10.3. The van der Waals surface area contributed by atoms with Gasteiger partial charge >= 0.3 is 0 Å². The fraction of sp³-hybridized carbons (Fsp3) is 0.500. The highest BCUT2D eigenvalue weighted by atomic mass is 16.2. The van der Waals surface area contributed by atoms with Gasteiger partial charge in [-0.1, -0.05) is 26.0 Å². The second-order valence-electron chi connectivity index (χ2n) is 8.10. The van der Waals surface area contributed by atoms with E-state index in [0.717, 1.165) is 30.8 Å². The van der Waals surface area contributed by atoms with Crippen molar-refractivity contribution in [2.24, 2.45) is 5.92 Å². The van der Waals surface area contributed by atoms with E-state index in [1.165, 1.54) is 0 Å². The van der Waals surface area contributed by atoms with Gasteiger partial charge in [0.15, 0.2) is 0 Å². The van der Waals surface area contributed by atoms with Crippen molar-refractivity contribution in [3.8, 4) is 5.69 Å². The Balaban J connectivity index is 1.62. The highest BCUT2D eigenvalue weighted by Gasteiger charge is 2.32. The number of hydrogen-bond acceptors (Lipinski definition) is 4. The van der Waals surface area contributed by atoms with Gasteiger partial charge in [0.05, 0.1) is 18.2 Å². The molecule has 29 heavy (non-hydrogen) atoms. The van der Waals surface area contributed by atoms with Crippen LogP contribution in [0.2, 0.25) is 0 Å². The van der Waals surface area contributed by atoms with Crippen LogP contribution < -0.4 is 5.32 Å². The minimum atomic E-state index is -0.382. The number of hydrogen-bond donors (Lipinski definition) is 1. The number of piperazine rings is 1. The molecule has 1 N–H and O–H groups in total. The van der Waals surface area contributed by atoms with E-state index in [1.807, 2.05) is 36.5 Å². The van der Waals surface area contributed by atoms with Crippen LogP contribution in [0.25, 0.3) is 5.69 Å². The fourth-order valence-corrected chi connectivity index (χ4v) is 3.58. The zero-order chi connectivity index (χ0) is 20.8. The Morgan fingerprint density at radius 2 is 2.17 bits per heavy atom. The van der Waals surface area contributed by atoms with Crippen LogP contribution in [-0.4, -0.2) is 64.1 Å². The van der Waals surface area contributed by atoms with E-state index in [-0.39, 0.29) is 24.3 Å². The van der Waals surface area contributed by atoms with Crippen LogP contribution >= 0.6 is 0 Å². The zero-order valence-electron chi connectivity index (χ0n) is 17.5. The molecule has 1 aliphatic rings. The Labute approximate surface area is 172 Å². The summed E-state index contributed by atoms with van der Waals surface area (Å²) in [5.74, 6) is 0.509. The third-order valence-electron chi connectivity index (χ3n) is 5.33. The molecular formula is C22H31N5O2. The van der Waals surface area contributed by atoms with Crippen molar-refractivity contribution < 1.29 is 9.59 Å². The lowest BCUT2D eigenvalue weighted by atomic mass is 10.0. The number of carbonyl (C=O) groups excluding carboxylic acids is 2. The van der Waals surface area contributed by atoms with Crippen molar-refractivity contribution in [1.29, 1.82) is 0 Å². The van der Waals surface area contributed by atoms with Crippen LogP contribution in [0.4, 0.5) is 0 Å². The summed E-state index contributed by atoms with van der Waals surface area (Å²) in [6.07, 6.45) is 4.86. The molecule has 0 saturated carbocycles. The number of aromatic nitrogens is 2. The van der Waals surface area contributed by atoms with Crippen LogP contribution in [0.5, 0.6) is 0 Å². The van der Waals surface area contributed by atoms with E-state index in [2.05, 4.69) is 29.2 Å². The molecule has 1 saturated heterocycles. The van der Waals surface area contributed by atoms with Gasteiger partial charge in [-0.05, 0) is 42.6 Å². The van der Waals surface area contributed by atoms with Gasteiger partial charge in [0.2, 0.25) is 11.8 Å². The Morgan fingerprint density at radius 3 is 2.90 bits per heavy atom. The van der Waals surface area contributed by atoms with Crippen molar-refractivity contribution in [3.63, 3.8) is 0 Å². The third kappa shape index (κ3) is 5.67. The molecule has 2 aromatic rings. The number of amides is 2. The van der Waals surface area contributed by atoms with Gasteiger partial charge < -0.3 is 10.2 Å². The van der Waals surface area contributed by atoms with E-state index in [0.29, 0.717) is 19.0 Å². The molecule has 3 rings (SSSR count). The SMILES string of the molecule is CC(C)CCN1CCNC(=O)[C@@H]1CC(=O)N(C)Cc1cccc(-n2cccn2)c1. The number of carbonyl (C=O) groups is 2. The molecule has 0 aliphatic carbocycles. The van der Waals surface area contributed by atoms with Crippen molar-refractivity contribution in [3.05, 3.63) is 48.3 Å². The topological polar surface area (TPSA) is 70.5 Å². The van der Waals surface area contributed by atoms with Gasteiger partial charge in [-0.2, -0.15) is 5.10 Å². The van der Waals surface area contributed by atoms with Gasteiger partial charge in [-0.3, -0.25) is 14.5 Å². The first kappa shape index (κ1) is 21.0. The molecule has 2 amide bonds. The maximum atomic E-state index is 12.9. The highest BCUT2D eigenvalue weighted by Crippen LogP contribution is 2.15. The van der Waals surface area contributed by atoms with Crippen molar-refractivity contribution in [2.45, 2.75) is 39.3 Å². The molecular weight excluding hydrogens is 366 g/mol. The molecule has 1 aromatic carbocycles. The molecule has 7 nitrogen and oxygen atoms in total. The molecule has 1 fully saturated rings. The number of nitrogens with one attached hydrogen (secondary N) is 1. The Kier molecular flexibility index (Phi) is 7.04. The summed E-state index contributed by atoms with van der Waals surface area (Å²) in [7, 11) is 1.79. The summed E-state index contributed by atoms with van der Waals surface area (Å²) in [4.78, 5) is 29.1. The molecule has 1 aromatic heterocycles. The Morgan fingerprint density at radius 1 is 1.34 bits per heavy atom. The van der Waals surface area contributed by atoms with Crippen LogP contribution in [-0.2, 0) is 16.1 Å². The number of rotatable bonds is 8. The van der Waals surface area contributed by atoms with E-state index in [1.54, 1.807) is 22.8 Å². The summed E-state index contributed by atoms with van der Waals surface area (Å²) < 4.78 is 1.80. The lowest BCUT2D eigenvalue weighted by molar-refractivity contribution is -0.138. The summed E-state index contributed by atoms with van der Waals surface area (Å²) in [5.41, 5.74) is 1.98. The van der Waals surface area contributed by atoms with Crippen molar-refractivity contribution in [1.82, 2.24) is 24.9 Å². The first-order valence-electron chi connectivity index (χ1n) is 10.3. The summed E-state index contributed by atoms with van der Waals surface area (Å²) >= 11 is 0. The van der Waals surface area contributed by atoms with Crippen LogP contribution in [0.15, 0.2) is 42.7 Å². The van der Waals surface area contributed by atoms with E-state index >= 15 is 0 Å². The normalized spacial score (nSPS) is 17.4. The molecule has 0 bridgehead atoms. The van der Waals surface area contributed by atoms with Gasteiger partial charge in [-0.25, -0.2) is 4.68 Å². The van der Waals surface area contributed by atoms with Gasteiger partial charge in [0.25, 0.3) is 0 Å². The van der Waals surface area contributed by atoms with Crippen LogP contribution in [0, 0.1) is 5.92 Å². The van der Waals surface area contributed by atoms with Crippen LogP contribution in [0.3, 0.4) is 0 Å². The molecule has 0 radical (unpaired) electrons. The van der Waals surface area contributed by atoms with Crippen LogP contribution in [0.1, 0.15) is 32.3 Å². The number of nitrogens with zero attached hydrogens (tertiary/aromatic N) is 4. The minimum absolute atomic E-state index is 0.0221. The first-order chi connectivity index (χ1) is 13.9. The second-order valence-corrected chi connectivity index (χ2v) is 8.10. The maximum Gasteiger partial charge on any atom is 0.237 e. The standard InChI is InChI=1S/C22H31N5O2/c1-17(2)8-12-26-13-10-23-22(29)20(26)15-21(28)25(3)16-18-6-4-7-19(14-18)27-11-5-9-24-27/h4-7,9,11,14,17,20H,8,10,12-13,15-16H2,1-3H3,(H,23,29)/t20-/m0/s1. The molecule has 1 aliphatic heterocycles. The lowest BCUT2D eigenvalue weighted by Crippen LogP contribution is -2.56. The summed E-state index contributed by atoms with van der Waals surface area (Å²) in [6, 6.07) is 9.47. The summed E-state index contributed by atoms with van der Waals surface area (Å²) in [5, 5.41) is 7.16. The monoisotopic (exact) mass is 397 g/mol. The molecule has 1 atom stereocenters. The lowest BCUT2D eigenvalue weighted by Gasteiger charge is -2.35. The zero-order valence-corrected chi connectivity index (χ0v) is 17.5. The molecule has 0 unspecified atom stereocenters. The average molecular weight is 398 g/mol. The van der Waals surface area contributed by atoms with Crippen molar-refractivity contribution >= 4 is 11.8 Å². The second kappa shape index (κ2) is 9.69. The fourth-order valence-electron chi connectivity index (χ4n) is 3.58. The van der Waals surface area contributed by atoms with E-state index < -0.39 is 0 Å². The van der Waals surface area contributed by atoms with Gasteiger partial charge in [0.1, 0.15) is 0 Å². The average Bonchev–Trinajstić information content (AvgIpc) is 3.23. The van der Waals surface area contributed by atoms with Gasteiger partial charge in [0, 0.05) is 39.1 Å². The van der Waals surface area contributed by atoms with E-state index in [4.69, 9.17) is 0 Å². The largest absolute Gasteiger partial charge is 0.353 e. The minimum Gasteiger partial charge on any atom is -0.353 e. The molecule has 156 valence electrons. The van der Waals surface area contributed by atoms with E-state index in [9.17, 15) is 9.59 Å². The number of benzene rings is 1. The quantitative estimate of drug-likeness (QED) is 0.740. The van der Waals surface area contributed by atoms with Crippen molar-refractivity contribution in [2.75, 3.05) is 26.7 Å². The Bertz CT molecular complexity index is 818. The smallest absolute Gasteiger partial charge is 0.237 e. The Hall–Kier alpha value is -2.67. The molecule has 7 heteroatoms. The predicted octanol–water partition coefficient (Wildman–Crippen LogP) is 2.07. The predicted molar refractivity (Wildman–Crippen MR) is 112 cm³/mol. The highest BCUT2D eigenvalue weighted by molar-refractivity contribution is 5.88. The summed E-state index contributed by atoms with van der Waals surface area (Å²) in [6.45, 7) is 7.14. The molecule has 2 heterocycles. The maximum absolute atomic E-state index is 12.9. The van der Waals surface area contributed by atoms with Gasteiger partial charge in [-0.15, -0.1) is 0 Å².